The lowest BCUT2D eigenvalue weighted by molar-refractivity contribution is 0.0690. The summed E-state index contributed by atoms with van der Waals surface area (Å²) in [6.07, 6.45) is 3.23. The molecular formula is C23H25N3O. The van der Waals surface area contributed by atoms with Crippen LogP contribution in [0.3, 0.4) is 0 Å². The molecule has 1 amide bonds. The van der Waals surface area contributed by atoms with Gasteiger partial charge >= 0.3 is 0 Å². The van der Waals surface area contributed by atoms with E-state index in [1.54, 1.807) is 0 Å². The monoisotopic (exact) mass is 359 g/mol. The number of nitrogens with zero attached hydrogens (tertiary/aromatic N) is 3. The van der Waals surface area contributed by atoms with E-state index in [9.17, 15) is 4.79 Å². The molecular weight excluding hydrogens is 334 g/mol. The van der Waals surface area contributed by atoms with Gasteiger partial charge in [0, 0.05) is 18.7 Å². The summed E-state index contributed by atoms with van der Waals surface area (Å²) in [5.74, 6) is 0.764. The molecule has 4 nitrogen and oxygen atoms in total. The van der Waals surface area contributed by atoms with E-state index >= 15 is 0 Å². The fourth-order valence-corrected chi connectivity index (χ4v) is 3.83. The van der Waals surface area contributed by atoms with Gasteiger partial charge < -0.3 is 4.90 Å². The third-order valence-electron chi connectivity index (χ3n) is 5.59. The van der Waals surface area contributed by atoms with Crippen LogP contribution in [0.15, 0.2) is 48.5 Å². The second kappa shape index (κ2) is 7.47. The fourth-order valence-electron chi connectivity index (χ4n) is 3.83. The molecule has 0 saturated carbocycles. The van der Waals surface area contributed by atoms with Crippen LogP contribution in [0.2, 0.25) is 0 Å². The number of piperidine rings is 1. The molecule has 0 radical (unpaired) electrons. The number of carbonyl (C=O) groups is 1. The third kappa shape index (κ3) is 3.85. The van der Waals surface area contributed by atoms with E-state index in [0.717, 1.165) is 54.8 Å². The standard InChI is InChI=1S/C23H25N3O/c1-16-17(2)25-22-15-20(8-9-21(22)24-16)23(27)26-12-10-19(11-13-26)14-18-6-4-3-5-7-18/h3-9,15,19H,10-14H2,1-2H3. The van der Waals surface area contributed by atoms with E-state index < -0.39 is 0 Å². The lowest BCUT2D eigenvalue weighted by Crippen LogP contribution is -2.38. The molecule has 0 spiro atoms. The lowest BCUT2D eigenvalue weighted by atomic mass is 9.90. The molecule has 1 saturated heterocycles. The maximum absolute atomic E-state index is 12.9. The molecule has 1 aromatic heterocycles. The summed E-state index contributed by atoms with van der Waals surface area (Å²) in [4.78, 5) is 24.1. The van der Waals surface area contributed by atoms with E-state index in [-0.39, 0.29) is 5.91 Å². The Morgan fingerprint density at radius 3 is 2.33 bits per heavy atom. The molecule has 0 bridgehead atoms. The van der Waals surface area contributed by atoms with Crippen molar-refractivity contribution in [3.63, 3.8) is 0 Å². The van der Waals surface area contributed by atoms with Gasteiger partial charge in [-0.2, -0.15) is 0 Å². The molecule has 1 fully saturated rings. The maximum atomic E-state index is 12.9. The molecule has 2 heterocycles. The summed E-state index contributed by atoms with van der Waals surface area (Å²) >= 11 is 0. The van der Waals surface area contributed by atoms with E-state index in [0.29, 0.717) is 11.5 Å². The van der Waals surface area contributed by atoms with Gasteiger partial charge in [0.15, 0.2) is 0 Å². The van der Waals surface area contributed by atoms with Crippen molar-refractivity contribution in [1.29, 1.82) is 0 Å². The first-order chi connectivity index (χ1) is 13.1. The first-order valence-electron chi connectivity index (χ1n) is 9.68. The van der Waals surface area contributed by atoms with Gasteiger partial charge in [-0.1, -0.05) is 30.3 Å². The Balaban J connectivity index is 1.43. The summed E-state index contributed by atoms with van der Waals surface area (Å²) in [5.41, 5.74) is 5.58. The Hall–Kier alpha value is -2.75. The minimum absolute atomic E-state index is 0.107. The summed E-state index contributed by atoms with van der Waals surface area (Å²) in [6.45, 7) is 5.56. The Labute approximate surface area is 160 Å². The van der Waals surface area contributed by atoms with Crippen molar-refractivity contribution in [3.05, 3.63) is 71.0 Å². The van der Waals surface area contributed by atoms with Crippen molar-refractivity contribution in [1.82, 2.24) is 14.9 Å². The predicted octanol–water partition coefficient (Wildman–Crippen LogP) is 4.34. The van der Waals surface area contributed by atoms with Crippen molar-refractivity contribution in [3.8, 4) is 0 Å². The zero-order valence-electron chi connectivity index (χ0n) is 16.0. The molecule has 0 N–H and O–H groups in total. The van der Waals surface area contributed by atoms with Gasteiger partial charge in [-0.15, -0.1) is 0 Å². The number of likely N-dealkylation sites (tertiary alicyclic amines) is 1. The number of hydrogen-bond donors (Lipinski definition) is 0. The second-order valence-electron chi connectivity index (χ2n) is 7.52. The topological polar surface area (TPSA) is 46.1 Å². The summed E-state index contributed by atoms with van der Waals surface area (Å²) in [6, 6.07) is 16.3. The first kappa shape index (κ1) is 17.7. The molecule has 3 aromatic rings. The number of carbonyl (C=O) groups excluding carboxylic acids is 1. The number of hydrogen-bond acceptors (Lipinski definition) is 3. The van der Waals surface area contributed by atoms with E-state index in [1.165, 1.54) is 5.56 Å². The molecule has 2 aromatic carbocycles. The van der Waals surface area contributed by atoms with Crippen LogP contribution in [0.4, 0.5) is 0 Å². The van der Waals surface area contributed by atoms with Crippen LogP contribution in [0.5, 0.6) is 0 Å². The van der Waals surface area contributed by atoms with E-state index in [4.69, 9.17) is 0 Å². The van der Waals surface area contributed by atoms with Gasteiger partial charge in [0.2, 0.25) is 0 Å². The molecule has 1 aliphatic rings. The number of amides is 1. The number of benzene rings is 2. The van der Waals surface area contributed by atoms with Crippen LogP contribution in [0.1, 0.15) is 40.2 Å². The van der Waals surface area contributed by atoms with Gasteiger partial charge in [0.25, 0.3) is 5.91 Å². The van der Waals surface area contributed by atoms with Gasteiger partial charge in [-0.05, 0) is 62.8 Å². The molecule has 27 heavy (non-hydrogen) atoms. The van der Waals surface area contributed by atoms with Crippen LogP contribution in [-0.2, 0) is 6.42 Å². The van der Waals surface area contributed by atoms with E-state index in [2.05, 4.69) is 40.3 Å². The highest BCUT2D eigenvalue weighted by Gasteiger charge is 2.24. The van der Waals surface area contributed by atoms with Crippen LogP contribution < -0.4 is 0 Å². The minimum atomic E-state index is 0.107. The normalized spacial score (nSPS) is 15.3. The minimum Gasteiger partial charge on any atom is -0.339 e. The fraction of sp³-hybridized carbons (Fsp3) is 0.348. The SMILES string of the molecule is Cc1nc2ccc(C(=O)N3CCC(Cc4ccccc4)CC3)cc2nc1C. The maximum Gasteiger partial charge on any atom is 0.253 e. The molecule has 138 valence electrons. The highest BCUT2D eigenvalue weighted by molar-refractivity contribution is 5.97. The molecule has 4 heteroatoms. The summed E-state index contributed by atoms with van der Waals surface area (Å²) in [5, 5.41) is 0. The van der Waals surface area contributed by atoms with Crippen molar-refractivity contribution in [2.45, 2.75) is 33.1 Å². The average molecular weight is 359 g/mol. The van der Waals surface area contributed by atoms with Crippen molar-refractivity contribution in [2.24, 2.45) is 5.92 Å². The number of aryl methyl sites for hydroxylation is 2. The zero-order valence-corrected chi connectivity index (χ0v) is 16.0. The molecule has 0 aliphatic carbocycles. The molecule has 1 aliphatic heterocycles. The first-order valence-corrected chi connectivity index (χ1v) is 9.68. The Morgan fingerprint density at radius 2 is 1.63 bits per heavy atom. The molecule has 0 unspecified atom stereocenters. The van der Waals surface area contributed by atoms with Gasteiger partial charge in [-0.25, -0.2) is 9.97 Å². The van der Waals surface area contributed by atoms with Crippen LogP contribution in [-0.4, -0.2) is 33.9 Å². The van der Waals surface area contributed by atoms with Crippen molar-refractivity contribution in [2.75, 3.05) is 13.1 Å². The van der Waals surface area contributed by atoms with Gasteiger partial charge in [0.05, 0.1) is 22.4 Å². The highest BCUT2D eigenvalue weighted by atomic mass is 16.2. The summed E-state index contributed by atoms with van der Waals surface area (Å²) < 4.78 is 0. The largest absolute Gasteiger partial charge is 0.339 e. The lowest BCUT2D eigenvalue weighted by Gasteiger charge is -2.32. The number of aromatic nitrogens is 2. The van der Waals surface area contributed by atoms with Crippen LogP contribution in [0, 0.1) is 19.8 Å². The summed E-state index contributed by atoms with van der Waals surface area (Å²) in [7, 11) is 0. The Kier molecular flexibility index (Phi) is 4.88. The average Bonchev–Trinajstić information content (AvgIpc) is 2.69. The second-order valence-corrected chi connectivity index (χ2v) is 7.52. The third-order valence-corrected chi connectivity index (χ3v) is 5.59. The smallest absolute Gasteiger partial charge is 0.253 e. The Morgan fingerprint density at radius 1 is 0.963 bits per heavy atom. The number of fused-ring (bicyclic) bond motifs is 1. The molecule has 0 atom stereocenters. The van der Waals surface area contributed by atoms with Crippen LogP contribution in [0.25, 0.3) is 11.0 Å². The molecule has 4 rings (SSSR count). The van der Waals surface area contributed by atoms with Crippen molar-refractivity contribution >= 4 is 16.9 Å². The van der Waals surface area contributed by atoms with Gasteiger partial charge in [-0.3, -0.25) is 4.79 Å². The van der Waals surface area contributed by atoms with E-state index in [1.807, 2.05) is 36.9 Å². The van der Waals surface area contributed by atoms with Gasteiger partial charge in [0.1, 0.15) is 0 Å². The van der Waals surface area contributed by atoms with Crippen LogP contribution >= 0.6 is 0 Å². The Bertz CT molecular complexity index is 960. The number of rotatable bonds is 3. The quantitative estimate of drug-likeness (QED) is 0.699. The highest BCUT2D eigenvalue weighted by Crippen LogP contribution is 2.23. The van der Waals surface area contributed by atoms with Crippen molar-refractivity contribution < 1.29 is 4.79 Å². The zero-order chi connectivity index (χ0) is 18.8. The predicted molar refractivity (Wildman–Crippen MR) is 108 cm³/mol.